The van der Waals surface area contributed by atoms with Gasteiger partial charge in [0.15, 0.2) is 0 Å². The van der Waals surface area contributed by atoms with Gasteiger partial charge in [-0.15, -0.1) is 0 Å². The number of rotatable bonds is 5. The van der Waals surface area contributed by atoms with E-state index in [2.05, 4.69) is 12.2 Å². The summed E-state index contributed by atoms with van der Waals surface area (Å²) in [7, 11) is 0. The van der Waals surface area contributed by atoms with Crippen LogP contribution < -0.4 is 0 Å². The summed E-state index contributed by atoms with van der Waals surface area (Å²) in [4.78, 5) is 0. The lowest BCUT2D eigenvalue weighted by molar-refractivity contribution is 0.289. The van der Waals surface area contributed by atoms with E-state index in [9.17, 15) is 0 Å². The first kappa shape index (κ1) is 11.3. The molecule has 0 atom stereocenters. The molecule has 1 aromatic carbocycles. The molecule has 0 saturated carbocycles. The lowest BCUT2D eigenvalue weighted by atomic mass is 10.1. The molecule has 0 aliphatic rings. The van der Waals surface area contributed by atoms with Crippen molar-refractivity contribution in [3.63, 3.8) is 0 Å². The molecule has 1 N–H and O–H groups in total. The fourth-order valence-corrected chi connectivity index (χ4v) is 1.29. The van der Waals surface area contributed by atoms with Crippen LogP contribution in [0, 0.1) is 0 Å². The van der Waals surface area contributed by atoms with Crippen molar-refractivity contribution in [2.75, 3.05) is 6.61 Å². The maximum atomic E-state index is 8.56. The van der Waals surface area contributed by atoms with E-state index in [0.29, 0.717) is 0 Å². The number of hydrogen-bond acceptors (Lipinski definition) is 1. The molecule has 76 valence electrons. The molecule has 0 aliphatic carbocycles. The molecule has 14 heavy (non-hydrogen) atoms. The molecule has 0 bridgehead atoms. The van der Waals surface area contributed by atoms with Crippen LogP contribution >= 0.6 is 11.6 Å². The highest BCUT2D eigenvalue weighted by atomic mass is 35.5. The maximum Gasteiger partial charge on any atom is 0.0433 e. The van der Waals surface area contributed by atoms with Gasteiger partial charge < -0.3 is 5.11 Å². The van der Waals surface area contributed by atoms with E-state index in [-0.39, 0.29) is 6.61 Å². The Morgan fingerprint density at radius 3 is 2.50 bits per heavy atom. The van der Waals surface area contributed by atoms with Gasteiger partial charge in [-0.2, -0.15) is 0 Å². The van der Waals surface area contributed by atoms with Gasteiger partial charge in [-0.25, -0.2) is 0 Å². The van der Waals surface area contributed by atoms with Crippen LogP contribution in [0.15, 0.2) is 36.4 Å². The number of aliphatic hydroxyl groups excluding tert-OH is 1. The molecule has 0 radical (unpaired) electrons. The Morgan fingerprint density at radius 1 is 1.14 bits per heavy atom. The number of unbranched alkanes of at least 4 members (excludes halogenated alkanes) is 1. The first-order valence-electron chi connectivity index (χ1n) is 4.83. The second kappa shape index (κ2) is 6.63. The third-order valence-corrected chi connectivity index (χ3v) is 2.21. The number of allylic oxidation sites excluding steroid dienone is 2. The van der Waals surface area contributed by atoms with E-state index in [1.54, 1.807) is 0 Å². The molecule has 0 aliphatic heterocycles. The summed E-state index contributed by atoms with van der Waals surface area (Å²) in [5.41, 5.74) is 1.26. The number of halogens is 1. The van der Waals surface area contributed by atoms with Crippen LogP contribution in [0.2, 0.25) is 5.02 Å². The first-order chi connectivity index (χ1) is 6.83. The summed E-state index contributed by atoms with van der Waals surface area (Å²) in [6.07, 6.45) is 6.95. The van der Waals surface area contributed by atoms with Crippen LogP contribution in [0.25, 0.3) is 0 Å². The lowest BCUT2D eigenvalue weighted by Crippen LogP contribution is -1.81. The zero-order chi connectivity index (χ0) is 10.2. The molecule has 0 aromatic heterocycles. The molecule has 1 nitrogen and oxygen atoms in total. The van der Waals surface area contributed by atoms with Crippen LogP contribution in [0.4, 0.5) is 0 Å². The Labute approximate surface area is 90.0 Å². The van der Waals surface area contributed by atoms with Gasteiger partial charge in [0, 0.05) is 11.6 Å². The van der Waals surface area contributed by atoms with Crippen molar-refractivity contribution in [3.8, 4) is 0 Å². The fourth-order valence-electron chi connectivity index (χ4n) is 1.17. The minimum Gasteiger partial charge on any atom is -0.396 e. The summed E-state index contributed by atoms with van der Waals surface area (Å²) in [5, 5.41) is 9.34. The third kappa shape index (κ3) is 4.45. The highest BCUT2D eigenvalue weighted by Gasteiger charge is 1.89. The molecule has 0 unspecified atom stereocenters. The van der Waals surface area contributed by atoms with E-state index >= 15 is 0 Å². The fraction of sp³-hybridized carbons (Fsp3) is 0.333. The quantitative estimate of drug-likeness (QED) is 0.585. The van der Waals surface area contributed by atoms with Gasteiger partial charge in [0.2, 0.25) is 0 Å². The van der Waals surface area contributed by atoms with E-state index in [0.717, 1.165) is 24.3 Å². The van der Waals surface area contributed by atoms with Crippen molar-refractivity contribution in [2.24, 2.45) is 0 Å². The monoisotopic (exact) mass is 210 g/mol. The SMILES string of the molecule is OCCCC=CCc1ccc(Cl)cc1. The van der Waals surface area contributed by atoms with Gasteiger partial charge in [0.05, 0.1) is 0 Å². The zero-order valence-corrected chi connectivity index (χ0v) is 8.87. The van der Waals surface area contributed by atoms with Crippen molar-refractivity contribution in [2.45, 2.75) is 19.3 Å². The second-order valence-electron chi connectivity index (χ2n) is 3.17. The van der Waals surface area contributed by atoms with Gasteiger partial charge in [-0.05, 0) is 37.0 Å². The first-order valence-corrected chi connectivity index (χ1v) is 5.21. The van der Waals surface area contributed by atoms with Crippen molar-refractivity contribution < 1.29 is 5.11 Å². The second-order valence-corrected chi connectivity index (χ2v) is 3.60. The summed E-state index contributed by atoms with van der Waals surface area (Å²) in [6, 6.07) is 7.86. The summed E-state index contributed by atoms with van der Waals surface area (Å²) >= 11 is 5.77. The molecule has 0 amide bonds. The van der Waals surface area contributed by atoms with Gasteiger partial charge >= 0.3 is 0 Å². The third-order valence-electron chi connectivity index (χ3n) is 1.96. The minimum absolute atomic E-state index is 0.269. The smallest absolute Gasteiger partial charge is 0.0433 e. The Hall–Kier alpha value is -0.790. The van der Waals surface area contributed by atoms with Gasteiger partial charge in [-0.1, -0.05) is 35.9 Å². The number of aliphatic hydroxyl groups is 1. The normalized spacial score (nSPS) is 11.0. The molecule has 0 spiro atoms. The average molecular weight is 211 g/mol. The Balaban J connectivity index is 2.30. The van der Waals surface area contributed by atoms with E-state index in [1.165, 1.54) is 5.56 Å². The van der Waals surface area contributed by atoms with Gasteiger partial charge in [0.25, 0.3) is 0 Å². The molecular formula is C12H15ClO. The Kier molecular flexibility index (Phi) is 5.35. The summed E-state index contributed by atoms with van der Waals surface area (Å²) in [5.74, 6) is 0. The van der Waals surface area contributed by atoms with Crippen LogP contribution in [-0.2, 0) is 6.42 Å². The van der Waals surface area contributed by atoms with E-state index in [1.807, 2.05) is 24.3 Å². The summed E-state index contributed by atoms with van der Waals surface area (Å²) < 4.78 is 0. The molecule has 2 heteroatoms. The van der Waals surface area contributed by atoms with Crippen molar-refractivity contribution >= 4 is 11.6 Å². The van der Waals surface area contributed by atoms with E-state index < -0.39 is 0 Å². The molecule has 1 aromatic rings. The molecule has 0 saturated heterocycles. The largest absolute Gasteiger partial charge is 0.396 e. The van der Waals surface area contributed by atoms with Crippen molar-refractivity contribution in [3.05, 3.63) is 47.0 Å². The van der Waals surface area contributed by atoms with Crippen molar-refractivity contribution in [1.82, 2.24) is 0 Å². The Bertz CT molecular complexity index is 277. The molecule has 0 fully saturated rings. The van der Waals surface area contributed by atoms with Crippen LogP contribution in [0.3, 0.4) is 0 Å². The lowest BCUT2D eigenvalue weighted by Gasteiger charge is -1.96. The van der Waals surface area contributed by atoms with Crippen LogP contribution in [0.1, 0.15) is 18.4 Å². The predicted octanol–water partition coefficient (Wildman–Crippen LogP) is 3.21. The van der Waals surface area contributed by atoms with Crippen molar-refractivity contribution in [1.29, 1.82) is 0 Å². The standard InChI is InChI=1S/C12H15ClO/c13-12-8-6-11(7-9-12)5-3-1-2-4-10-14/h1,3,6-9,14H,2,4-5,10H2. The van der Waals surface area contributed by atoms with Gasteiger partial charge in [0.1, 0.15) is 0 Å². The highest BCUT2D eigenvalue weighted by Crippen LogP contribution is 2.10. The highest BCUT2D eigenvalue weighted by molar-refractivity contribution is 6.30. The van der Waals surface area contributed by atoms with E-state index in [4.69, 9.17) is 16.7 Å². The number of hydrogen-bond donors (Lipinski definition) is 1. The zero-order valence-electron chi connectivity index (χ0n) is 8.12. The number of benzene rings is 1. The maximum absolute atomic E-state index is 8.56. The van der Waals surface area contributed by atoms with Crippen LogP contribution in [0.5, 0.6) is 0 Å². The molecular weight excluding hydrogens is 196 g/mol. The van der Waals surface area contributed by atoms with Gasteiger partial charge in [-0.3, -0.25) is 0 Å². The topological polar surface area (TPSA) is 20.2 Å². The minimum atomic E-state index is 0.269. The molecule has 1 rings (SSSR count). The Morgan fingerprint density at radius 2 is 1.86 bits per heavy atom. The summed E-state index contributed by atoms with van der Waals surface area (Å²) in [6.45, 7) is 0.269. The average Bonchev–Trinajstić information content (AvgIpc) is 2.21. The predicted molar refractivity (Wildman–Crippen MR) is 60.6 cm³/mol. The van der Waals surface area contributed by atoms with Crippen LogP contribution in [-0.4, -0.2) is 11.7 Å². The molecule has 0 heterocycles.